The summed E-state index contributed by atoms with van der Waals surface area (Å²) >= 11 is 0. The number of nitrogens with two attached hydrogens (primary N) is 1. The van der Waals surface area contributed by atoms with Gasteiger partial charge in [0.25, 0.3) is 0 Å². The van der Waals surface area contributed by atoms with E-state index in [1.54, 1.807) is 0 Å². The minimum Gasteiger partial charge on any atom is -0.357 e. The van der Waals surface area contributed by atoms with Crippen LogP contribution >= 0.6 is 0 Å². The standard InChI is InChI=1S/C17H29N5O2S/c1-2-19-17(20-9-12-25(18,23)24)21-13-15-5-7-16(8-6-15)14-22-10-3-4-11-22/h5-8H,2-4,9-14H2,1H3,(H2,18,23,24)(H2,19,20,21). The molecule has 0 amide bonds. The van der Waals surface area contributed by atoms with Crippen molar-refractivity contribution in [1.29, 1.82) is 0 Å². The lowest BCUT2D eigenvalue weighted by molar-refractivity contribution is 0.331. The van der Waals surface area contributed by atoms with Crippen LogP contribution in [0.3, 0.4) is 0 Å². The maximum Gasteiger partial charge on any atom is 0.210 e. The van der Waals surface area contributed by atoms with Gasteiger partial charge in [0.1, 0.15) is 0 Å². The van der Waals surface area contributed by atoms with Gasteiger partial charge in [-0.25, -0.2) is 18.5 Å². The van der Waals surface area contributed by atoms with Gasteiger partial charge in [0.2, 0.25) is 10.0 Å². The van der Waals surface area contributed by atoms with Crippen molar-refractivity contribution in [1.82, 2.24) is 15.5 Å². The molecule has 25 heavy (non-hydrogen) atoms. The summed E-state index contributed by atoms with van der Waals surface area (Å²) < 4.78 is 22.0. The van der Waals surface area contributed by atoms with Crippen molar-refractivity contribution < 1.29 is 8.42 Å². The van der Waals surface area contributed by atoms with E-state index < -0.39 is 10.0 Å². The van der Waals surface area contributed by atoms with Gasteiger partial charge in [0, 0.05) is 19.6 Å². The number of nitrogens with one attached hydrogen (secondary N) is 2. The molecule has 4 N–H and O–H groups in total. The number of guanidine groups is 1. The zero-order valence-electron chi connectivity index (χ0n) is 14.9. The molecule has 140 valence electrons. The average Bonchev–Trinajstić information content (AvgIpc) is 3.06. The zero-order chi connectivity index (χ0) is 18.1. The van der Waals surface area contributed by atoms with Gasteiger partial charge in [0.15, 0.2) is 5.96 Å². The van der Waals surface area contributed by atoms with E-state index in [0.29, 0.717) is 19.0 Å². The van der Waals surface area contributed by atoms with Gasteiger partial charge < -0.3 is 10.6 Å². The molecule has 1 aromatic rings. The number of hydrogen-bond donors (Lipinski definition) is 3. The Labute approximate surface area is 150 Å². The smallest absolute Gasteiger partial charge is 0.210 e. The van der Waals surface area contributed by atoms with Crippen LogP contribution in [-0.4, -0.2) is 51.2 Å². The normalized spacial score (nSPS) is 16.2. The second-order valence-electron chi connectivity index (χ2n) is 6.29. The first-order chi connectivity index (χ1) is 12.0. The van der Waals surface area contributed by atoms with Gasteiger partial charge >= 0.3 is 0 Å². The van der Waals surface area contributed by atoms with Gasteiger partial charge in [0.05, 0.1) is 12.3 Å². The molecule has 0 spiro atoms. The molecule has 0 aromatic heterocycles. The molecule has 2 rings (SSSR count). The number of sulfonamides is 1. The van der Waals surface area contributed by atoms with Gasteiger partial charge in [-0.15, -0.1) is 0 Å². The van der Waals surface area contributed by atoms with Gasteiger partial charge in [-0.2, -0.15) is 0 Å². The summed E-state index contributed by atoms with van der Waals surface area (Å²) in [6.45, 7) is 6.85. The first-order valence-electron chi connectivity index (χ1n) is 8.79. The largest absolute Gasteiger partial charge is 0.357 e. The number of benzene rings is 1. The Morgan fingerprint density at radius 2 is 1.80 bits per heavy atom. The predicted molar refractivity (Wildman–Crippen MR) is 102 cm³/mol. The Morgan fingerprint density at radius 1 is 1.16 bits per heavy atom. The highest BCUT2D eigenvalue weighted by Crippen LogP contribution is 2.13. The summed E-state index contributed by atoms with van der Waals surface area (Å²) in [4.78, 5) is 6.96. The van der Waals surface area contributed by atoms with Crippen LogP contribution in [0.4, 0.5) is 0 Å². The third-order valence-corrected chi connectivity index (χ3v) is 4.84. The molecule has 0 unspecified atom stereocenters. The van der Waals surface area contributed by atoms with Crippen molar-refractivity contribution in [2.24, 2.45) is 10.1 Å². The Bertz CT molecular complexity index is 652. The van der Waals surface area contributed by atoms with Crippen LogP contribution < -0.4 is 15.8 Å². The van der Waals surface area contributed by atoms with Gasteiger partial charge in [-0.05, 0) is 44.0 Å². The SMILES string of the molecule is CCNC(=NCc1ccc(CN2CCCC2)cc1)NCCS(N)(=O)=O. The van der Waals surface area contributed by atoms with Crippen LogP contribution in [0.15, 0.2) is 29.3 Å². The second-order valence-corrected chi connectivity index (χ2v) is 8.02. The second kappa shape index (κ2) is 9.74. The van der Waals surface area contributed by atoms with E-state index in [4.69, 9.17) is 5.14 Å². The molecule has 1 aromatic carbocycles. The summed E-state index contributed by atoms with van der Waals surface area (Å²) in [5, 5.41) is 11.1. The molecular weight excluding hydrogens is 338 g/mol. The Kier molecular flexibility index (Phi) is 7.67. The van der Waals surface area contributed by atoms with Crippen LogP contribution in [0.5, 0.6) is 0 Å². The number of rotatable bonds is 8. The maximum atomic E-state index is 11.0. The predicted octanol–water partition coefficient (Wildman–Crippen LogP) is 0.626. The molecule has 7 nitrogen and oxygen atoms in total. The van der Waals surface area contributed by atoms with Crippen LogP contribution in [0.1, 0.15) is 30.9 Å². The molecule has 0 saturated carbocycles. The van der Waals surface area contributed by atoms with E-state index in [-0.39, 0.29) is 12.3 Å². The Hall–Kier alpha value is -1.64. The van der Waals surface area contributed by atoms with Crippen LogP contribution in [0, 0.1) is 0 Å². The summed E-state index contributed by atoms with van der Waals surface area (Å²) in [6, 6.07) is 8.51. The highest BCUT2D eigenvalue weighted by atomic mass is 32.2. The van der Waals surface area contributed by atoms with Crippen molar-refractivity contribution in [3.63, 3.8) is 0 Å². The molecule has 1 fully saturated rings. The molecule has 0 radical (unpaired) electrons. The Morgan fingerprint density at radius 3 is 2.40 bits per heavy atom. The molecule has 1 aliphatic heterocycles. The highest BCUT2D eigenvalue weighted by Gasteiger charge is 2.11. The third kappa shape index (κ3) is 7.85. The summed E-state index contributed by atoms with van der Waals surface area (Å²) in [6.07, 6.45) is 2.61. The molecule has 8 heteroatoms. The minimum atomic E-state index is -3.47. The van der Waals surface area contributed by atoms with Crippen molar-refractivity contribution in [2.45, 2.75) is 32.9 Å². The highest BCUT2D eigenvalue weighted by molar-refractivity contribution is 7.89. The summed E-state index contributed by atoms with van der Waals surface area (Å²) in [7, 11) is -3.47. The molecule has 0 atom stereocenters. The molecular formula is C17H29N5O2S. The maximum absolute atomic E-state index is 11.0. The van der Waals surface area contributed by atoms with E-state index in [2.05, 4.69) is 44.8 Å². The van der Waals surface area contributed by atoms with E-state index in [1.165, 1.54) is 31.5 Å². The number of primary sulfonamides is 1. The van der Waals surface area contributed by atoms with E-state index in [1.807, 2.05) is 6.92 Å². The van der Waals surface area contributed by atoms with Crippen molar-refractivity contribution >= 4 is 16.0 Å². The van der Waals surface area contributed by atoms with E-state index in [9.17, 15) is 8.42 Å². The fraction of sp³-hybridized carbons (Fsp3) is 0.588. The molecule has 0 aliphatic carbocycles. The zero-order valence-corrected chi connectivity index (χ0v) is 15.7. The van der Waals surface area contributed by atoms with Gasteiger partial charge in [-0.3, -0.25) is 4.90 Å². The van der Waals surface area contributed by atoms with Crippen molar-refractivity contribution in [3.8, 4) is 0 Å². The number of hydrogen-bond acceptors (Lipinski definition) is 4. The molecule has 1 aliphatic rings. The van der Waals surface area contributed by atoms with Gasteiger partial charge in [-0.1, -0.05) is 24.3 Å². The summed E-state index contributed by atoms with van der Waals surface area (Å²) in [5.41, 5.74) is 2.45. The lowest BCUT2D eigenvalue weighted by Gasteiger charge is -2.14. The topological polar surface area (TPSA) is 99.8 Å². The number of likely N-dealkylation sites (tertiary alicyclic amines) is 1. The number of aliphatic imine (C=N–C) groups is 1. The molecule has 1 saturated heterocycles. The average molecular weight is 368 g/mol. The quantitative estimate of drug-likeness (QED) is 0.462. The van der Waals surface area contributed by atoms with Crippen LogP contribution in [-0.2, 0) is 23.1 Å². The van der Waals surface area contributed by atoms with Crippen molar-refractivity contribution in [2.75, 3.05) is 31.9 Å². The number of nitrogens with zero attached hydrogens (tertiary/aromatic N) is 2. The third-order valence-electron chi connectivity index (χ3n) is 4.07. The molecule has 1 heterocycles. The first kappa shape index (κ1) is 19.7. The van der Waals surface area contributed by atoms with E-state index in [0.717, 1.165) is 12.1 Å². The van der Waals surface area contributed by atoms with Crippen LogP contribution in [0.2, 0.25) is 0 Å². The molecule has 0 bridgehead atoms. The lowest BCUT2D eigenvalue weighted by Crippen LogP contribution is -2.40. The Balaban J connectivity index is 1.85. The lowest BCUT2D eigenvalue weighted by atomic mass is 10.1. The minimum absolute atomic E-state index is 0.122. The van der Waals surface area contributed by atoms with Crippen LogP contribution in [0.25, 0.3) is 0 Å². The summed E-state index contributed by atoms with van der Waals surface area (Å²) in [5.74, 6) is 0.468. The fourth-order valence-corrected chi connectivity index (χ4v) is 3.16. The van der Waals surface area contributed by atoms with E-state index >= 15 is 0 Å². The monoisotopic (exact) mass is 367 g/mol. The fourth-order valence-electron chi connectivity index (χ4n) is 2.77. The van der Waals surface area contributed by atoms with Crippen molar-refractivity contribution in [3.05, 3.63) is 35.4 Å². The first-order valence-corrected chi connectivity index (χ1v) is 10.5.